The van der Waals surface area contributed by atoms with Crippen molar-refractivity contribution in [3.05, 3.63) is 65.7 Å². The molecule has 3 atom stereocenters. The number of carbonyl (C=O) groups excluding carboxylic acids is 1. The zero-order valence-electron chi connectivity index (χ0n) is 15.6. The summed E-state index contributed by atoms with van der Waals surface area (Å²) >= 11 is 0. The first-order valence-corrected chi connectivity index (χ1v) is 10.4. The van der Waals surface area contributed by atoms with E-state index in [1.54, 1.807) is 36.2 Å². The number of benzene rings is 2. The van der Waals surface area contributed by atoms with Gasteiger partial charge in [-0.15, -0.1) is 0 Å². The molecule has 0 saturated heterocycles. The van der Waals surface area contributed by atoms with Crippen LogP contribution in [0.2, 0.25) is 0 Å². The number of amides is 1. The molecule has 0 fully saturated rings. The Bertz CT molecular complexity index is 848. The molecule has 0 aliphatic heterocycles. The highest BCUT2D eigenvalue weighted by molar-refractivity contribution is 7.90. The van der Waals surface area contributed by atoms with Crippen molar-refractivity contribution in [2.45, 2.75) is 30.8 Å². The standard InChI is InChI=1S/C20H26N2O3S/c1-14(19(21)17-8-6-5-7-9-17)20(23)22(3)15(2)16-10-12-18(13-11-16)26(4,24)25/h5-15,19H,21H2,1-4H3. The summed E-state index contributed by atoms with van der Waals surface area (Å²) in [6, 6.07) is 15.6. The highest BCUT2D eigenvalue weighted by Crippen LogP contribution is 2.26. The second-order valence-electron chi connectivity index (χ2n) is 6.69. The third-order valence-corrected chi connectivity index (χ3v) is 5.96. The van der Waals surface area contributed by atoms with Gasteiger partial charge in [0.1, 0.15) is 0 Å². The van der Waals surface area contributed by atoms with Crippen molar-refractivity contribution in [1.29, 1.82) is 0 Å². The Hall–Kier alpha value is -2.18. The lowest BCUT2D eigenvalue weighted by Crippen LogP contribution is -2.38. The van der Waals surface area contributed by atoms with E-state index in [1.807, 2.05) is 44.2 Å². The van der Waals surface area contributed by atoms with Crippen molar-refractivity contribution in [2.24, 2.45) is 11.7 Å². The lowest BCUT2D eigenvalue weighted by atomic mass is 9.93. The molecule has 2 aromatic rings. The fraction of sp³-hybridized carbons (Fsp3) is 0.350. The Balaban J connectivity index is 2.14. The Kier molecular flexibility index (Phi) is 6.21. The topological polar surface area (TPSA) is 80.5 Å². The minimum Gasteiger partial charge on any atom is -0.339 e. The van der Waals surface area contributed by atoms with Crippen molar-refractivity contribution < 1.29 is 13.2 Å². The molecule has 0 heterocycles. The van der Waals surface area contributed by atoms with Gasteiger partial charge in [0.15, 0.2) is 9.84 Å². The normalized spacial score (nSPS) is 15.1. The Morgan fingerprint density at radius 3 is 2.00 bits per heavy atom. The molecule has 2 rings (SSSR count). The fourth-order valence-electron chi connectivity index (χ4n) is 2.85. The summed E-state index contributed by atoms with van der Waals surface area (Å²) in [5, 5.41) is 0. The van der Waals surface area contributed by atoms with Crippen molar-refractivity contribution >= 4 is 15.7 Å². The Morgan fingerprint density at radius 1 is 0.962 bits per heavy atom. The predicted octanol–water partition coefficient (Wildman–Crippen LogP) is 2.95. The van der Waals surface area contributed by atoms with Gasteiger partial charge in [-0.05, 0) is 30.2 Å². The van der Waals surface area contributed by atoms with E-state index in [2.05, 4.69) is 0 Å². The van der Waals surface area contributed by atoms with E-state index in [1.165, 1.54) is 6.26 Å². The van der Waals surface area contributed by atoms with E-state index in [-0.39, 0.29) is 28.8 Å². The van der Waals surface area contributed by atoms with E-state index in [0.717, 1.165) is 11.1 Å². The maximum Gasteiger partial charge on any atom is 0.227 e. The van der Waals surface area contributed by atoms with Crippen LogP contribution >= 0.6 is 0 Å². The molecule has 0 saturated carbocycles. The molecule has 5 nitrogen and oxygen atoms in total. The predicted molar refractivity (Wildman–Crippen MR) is 103 cm³/mol. The van der Waals surface area contributed by atoms with Crippen LogP contribution in [0.4, 0.5) is 0 Å². The van der Waals surface area contributed by atoms with Crippen molar-refractivity contribution in [3.63, 3.8) is 0 Å². The summed E-state index contributed by atoms with van der Waals surface area (Å²) < 4.78 is 23.2. The average Bonchev–Trinajstić information content (AvgIpc) is 2.65. The SMILES string of the molecule is CC(C(=O)N(C)C(C)c1ccc(S(C)(=O)=O)cc1)C(N)c1ccccc1. The Labute approximate surface area is 155 Å². The molecule has 1 amide bonds. The first-order valence-electron chi connectivity index (χ1n) is 8.50. The van der Waals surface area contributed by atoms with Gasteiger partial charge in [0.2, 0.25) is 5.91 Å². The zero-order chi connectivity index (χ0) is 19.5. The first kappa shape index (κ1) is 20.1. The van der Waals surface area contributed by atoms with Crippen LogP contribution in [0.15, 0.2) is 59.5 Å². The van der Waals surface area contributed by atoms with Gasteiger partial charge in [-0.25, -0.2) is 8.42 Å². The molecule has 2 aromatic carbocycles. The van der Waals surface area contributed by atoms with Crippen LogP contribution in [0.5, 0.6) is 0 Å². The zero-order valence-corrected chi connectivity index (χ0v) is 16.4. The molecule has 0 spiro atoms. The molecule has 0 radical (unpaired) electrons. The monoisotopic (exact) mass is 374 g/mol. The van der Waals surface area contributed by atoms with E-state index in [4.69, 9.17) is 5.73 Å². The second kappa shape index (κ2) is 8.01. The minimum absolute atomic E-state index is 0.0546. The third-order valence-electron chi connectivity index (χ3n) is 4.83. The van der Waals surface area contributed by atoms with Crippen LogP contribution in [-0.2, 0) is 14.6 Å². The third kappa shape index (κ3) is 4.51. The molecule has 0 aromatic heterocycles. The molecule has 26 heavy (non-hydrogen) atoms. The molecular weight excluding hydrogens is 348 g/mol. The molecule has 0 aliphatic carbocycles. The minimum atomic E-state index is -3.23. The average molecular weight is 375 g/mol. The van der Waals surface area contributed by atoms with Gasteiger partial charge in [-0.2, -0.15) is 0 Å². The summed E-state index contributed by atoms with van der Waals surface area (Å²) in [6.07, 6.45) is 1.17. The van der Waals surface area contributed by atoms with Crippen LogP contribution in [0, 0.1) is 5.92 Å². The van der Waals surface area contributed by atoms with Crippen molar-refractivity contribution in [2.75, 3.05) is 13.3 Å². The molecule has 0 bridgehead atoms. The molecule has 2 N–H and O–H groups in total. The lowest BCUT2D eigenvalue weighted by Gasteiger charge is -2.30. The van der Waals surface area contributed by atoms with Crippen LogP contribution in [0.25, 0.3) is 0 Å². The molecule has 3 unspecified atom stereocenters. The molecule has 6 heteroatoms. The van der Waals surface area contributed by atoms with Crippen LogP contribution in [0.3, 0.4) is 0 Å². The smallest absolute Gasteiger partial charge is 0.227 e. The number of nitrogens with zero attached hydrogens (tertiary/aromatic N) is 1. The summed E-state index contributed by atoms with van der Waals surface area (Å²) in [5.74, 6) is -0.429. The summed E-state index contributed by atoms with van der Waals surface area (Å²) in [7, 11) is -1.49. The van der Waals surface area contributed by atoms with Crippen molar-refractivity contribution in [1.82, 2.24) is 4.90 Å². The van der Waals surface area contributed by atoms with Gasteiger partial charge < -0.3 is 10.6 Å². The number of hydrogen-bond acceptors (Lipinski definition) is 4. The van der Waals surface area contributed by atoms with Crippen LogP contribution < -0.4 is 5.73 Å². The van der Waals surface area contributed by atoms with Crippen LogP contribution in [-0.4, -0.2) is 32.5 Å². The van der Waals surface area contributed by atoms with Crippen molar-refractivity contribution in [3.8, 4) is 0 Å². The van der Waals surface area contributed by atoms with Gasteiger partial charge in [0.25, 0.3) is 0 Å². The molecule has 0 aliphatic rings. The fourth-order valence-corrected chi connectivity index (χ4v) is 3.48. The number of rotatable bonds is 6. The van der Waals surface area contributed by atoms with E-state index in [0.29, 0.717) is 0 Å². The summed E-state index contributed by atoms with van der Waals surface area (Å²) in [5.41, 5.74) is 8.06. The molecule has 140 valence electrons. The molecular formula is C20H26N2O3S. The van der Waals surface area contributed by atoms with E-state index in [9.17, 15) is 13.2 Å². The Morgan fingerprint density at radius 2 is 1.50 bits per heavy atom. The number of sulfone groups is 1. The quantitative estimate of drug-likeness (QED) is 0.843. The van der Waals surface area contributed by atoms with Gasteiger partial charge in [0, 0.05) is 19.3 Å². The maximum atomic E-state index is 12.8. The summed E-state index contributed by atoms with van der Waals surface area (Å²) in [6.45, 7) is 3.74. The van der Waals surface area contributed by atoms with Gasteiger partial charge in [-0.3, -0.25) is 4.79 Å². The van der Waals surface area contributed by atoms with E-state index < -0.39 is 9.84 Å². The number of nitrogens with two attached hydrogens (primary N) is 1. The highest BCUT2D eigenvalue weighted by Gasteiger charge is 2.27. The maximum absolute atomic E-state index is 12.8. The second-order valence-corrected chi connectivity index (χ2v) is 8.71. The summed E-state index contributed by atoms with van der Waals surface area (Å²) in [4.78, 5) is 14.8. The van der Waals surface area contributed by atoms with Crippen LogP contribution in [0.1, 0.15) is 37.1 Å². The van der Waals surface area contributed by atoms with Gasteiger partial charge in [0.05, 0.1) is 16.9 Å². The lowest BCUT2D eigenvalue weighted by molar-refractivity contribution is -0.136. The largest absolute Gasteiger partial charge is 0.339 e. The number of hydrogen-bond donors (Lipinski definition) is 1. The first-order chi connectivity index (χ1) is 12.1. The van der Waals surface area contributed by atoms with Gasteiger partial charge in [-0.1, -0.05) is 49.4 Å². The van der Waals surface area contributed by atoms with Gasteiger partial charge >= 0.3 is 0 Å². The van der Waals surface area contributed by atoms with E-state index >= 15 is 0 Å². The number of carbonyl (C=O) groups is 1. The highest BCUT2D eigenvalue weighted by atomic mass is 32.2.